The van der Waals surface area contributed by atoms with E-state index in [2.05, 4.69) is 12.2 Å². The molecule has 0 aliphatic heterocycles. The van der Waals surface area contributed by atoms with Crippen molar-refractivity contribution in [2.24, 2.45) is 0 Å². The SMILES string of the molecule is [C-]1=CCC=C1.[Cl-].[Cl-].[Zr+3]. The standard InChI is InChI=1S/C5H5.2ClH.Zr/c1-2-4-5-3-1;;;/h1-2,5H,3H2;2*1H;/q-1;;;+3/p-2. The molecular weight excluding hydrogens is 222 g/mol. The molecular formula is C5H5Cl2Zr. The van der Waals surface area contributed by atoms with Gasteiger partial charge in [0, 0.05) is 0 Å². The van der Waals surface area contributed by atoms with Crippen LogP contribution in [0.4, 0.5) is 0 Å². The maximum Gasteiger partial charge on any atom is 3.00 e. The fourth-order valence-corrected chi connectivity index (χ4v) is 0.340. The Morgan fingerprint density at radius 2 is 1.88 bits per heavy atom. The van der Waals surface area contributed by atoms with Gasteiger partial charge in [0.2, 0.25) is 0 Å². The van der Waals surface area contributed by atoms with Gasteiger partial charge in [-0.3, -0.25) is 6.08 Å². The van der Waals surface area contributed by atoms with E-state index in [4.69, 9.17) is 0 Å². The number of hydrogen-bond acceptors (Lipinski definition) is 0. The molecule has 0 nitrogen and oxygen atoms in total. The quantitative estimate of drug-likeness (QED) is 0.365. The van der Waals surface area contributed by atoms with E-state index in [1.165, 1.54) is 0 Å². The second kappa shape index (κ2) is 10.8. The minimum Gasteiger partial charge on any atom is -1.00 e. The predicted octanol–water partition coefficient (Wildman–Crippen LogP) is -4.69. The van der Waals surface area contributed by atoms with Crippen molar-refractivity contribution in [3.8, 4) is 0 Å². The Labute approximate surface area is 81.4 Å². The van der Waals surface area contributed by atoms with Crippen LogP contribution in [0.1, 0.15) is 6.42 Å². The average Bonchev–Trinajstić information content (AvgIpc) is 1.76. The Bertz CT molecular complexity index is 68.5. The van der Waals surface area contributed by atoms with Crippen LogP contribution >= 0.6 is 0 Å². The van der Waals surface area contributed by atoms with Gasteiger partial charge >= 0.3 is 26.2 Å². The van der Waals surface area contributed by atoms with Crippen LogP contribution in [0.25, 0.3) is 0 Å². The van der Waals surface area contributed by atoms with Gasteiger partial charge in [-0.25, -0.2) is 12.2 Å². The van der Waals surface area contributed by atoms with Crippen molar-refractivity contribution in [3.63, 3.8) is 0 Å². The Hall–Kier alpha value is 0.943. The molecule has 0 aromatic heterocycles. The van der Waals surface area contributed by atoms with Crippen molar-refractivity contribution in [3.05, 3.63) is 24.3 Å². The number of hydrogen-bond donors (Lipinski definition) is 0. The first-order valence-electron chi connectivity index (χ1n) is 1.73. The zero-order valence-corrected chi connectivity index (χ0v) is 8.16. The molecule has 1 rings (SSSR count). The molecule has 0 N–H and O–H groups in total. The molecule has 0 unspecified atom stereocenters. The minimum atomic E-state index is 0. The van der Waals surface area contributed by atoms with Gasteiger partial charge in [-0.05, 0) is 0 Å². The van der Waals surface area contributed by atoms with Crippen LogP contribution in [0.5, 0.6) is 0 Å². The third-order valence-electron chi connectivity index (χ3n) is 0.586. The van der Waals surface area contributed by atoms with Crippen LogP contribution in [0.15, 0.2) is 18.2 Å². The first-order valence-corrected chi connectivity index (χ1v) is 1.73. The van der Waals surface area contributed by atoms with Crippen molar-refractivity contribution >= 4 is 0 Å². The monoisotopic (exact) mass is 225 g/mol. The van der Waals surface area contributed by atoms with E-state index in [0.717, 1.165) is 6.42 Å². The van der Waals surface area contributed by atoms with E-state index in [-0.39, 0.29) is 51.0 Å². The molecule has 0 aromatic rings. The molecule has 0 spiro atoms. The van der Waals surface area contributed by atoms with Crippen molar-refractivity contribution in [1.82, 2.24) is 0 Å². The molecule has 0 fully saturated rings. The zero-order valence-electron chi connectivity index (χ0n) is 4.20. The summed E-state index contributed by atoms with van der Waals surface area (Å²) in [5, 5.41) is 0. The van der Waals surface area contributed by atoms with Crippen LogP contribution in [0.3, 0.4) is 0 Å². The third-order valence-corrected chi connectivity index (χ3v) is 0.586. The van der Waals surface area contributed by atoms with Crippen LogP contribution < -0.4 is 24.8 Å². The average molecular weight is 227 g/mol. The molecule has 1 aliphatic carbocycles. The molecule has 1 radical (unpaired) electrons. The van der Waals surface area contributed by atoms with Crippen LogP contribution in [-0.4, -0.2) is 0 Å². The van der Waals surface area contributed by atoms with Gasteiger partial charge in [-0.1, -0.05) is 0 Å². The van der Waals surface area contributed by atoms with Crippen LogP contribution in [-0.2, 0) is 26.2 Å². The number of rotatable bonds is 0. The number of allylic oxidation sites excluding steroid dienone is 4. The van der Waals surface area contributed by atoms with Crippen molar-refractivity contribution in [1.29, 1.82) is 0 Å². The van der Waals surface area contributed by atoms with Crippen molar-refractivity contribution < 1.29 is 51.0 Å². The molecule has 0 atom stereocenters. The minimum absolute atomic E-state index is 0. The van der Waals surface area contributed by atoms with Gasteiger partial charge in [-0.2, -0.15) is 6.08 Å². The van der Waals surface area contributed by atoms with Gasteiger partial charge in [-0.15, -0.1) is 6.42 Å². The normalized spacial score (nSPS) is 11.0. The van der Waals surface area contributed by atoms with E-state index >= 15 is 0 Å². The Balaban J connectivity index is -0.0000000833. The molecule has 0 saturated heterocycles. The van der Waals surface area contributed by atoms with Crippen molar-refractivity contribution in [2.45, 2.75) is 6.42 Å². The summed E-state index contributed by atoms with van der Waals surface area (Å²) < 4.78 is 0. The van der Waals surface area contributed by atoms with Crippen molar-refractivity contribution in [2.75, 3.05) is 0 Å². The summed E-state index contributed by atoms with van der Waals surface area (Å²) in [5.41, 5.74) is 0. The van der Waals surface area contributed by atoms with Gasteiger partial charge in [0.25, 0.3) is 0 Å². The topological polar surface area (TPSA) is 0 Å². The second-order valence-electron chi connectivity index (χ2n) is 1.01. The first kappa shape index (κ1) is 16.0. The Kier molecular flexibility index (Phi) is 21.6. The van der Waals surface area contributed by atoms with E-state index < -0.39 is 0 Å². The molecule has 0 amide bonds. The van der Waals surface area contributed by atoms with E-state index in [1.807, 2.05) is 12.2 Å². The Morgan fingerprint density at radius 1 is 1.25 bits per heavy atom. The molecule has 0 saturated carbocycles. The molecule has 3 heteroatoms. The molecule has 0 bridgehead atoms. The summed E-state index contributed by atoms with van der Waals surface area (Å²) in [5.74, 6) is 0. The van der Waals surface area contributed by atoms with Gasteiger partial charge in [0.1, 0.15) is 0 Å². The maximum absolute atomic E-state index is 2.92. The fourth-order valence-electron chi connectivity index (χ4n) is 0.340. The van der Waals surface area contributed by atoms with E-state index in [0.29, 0.717) is 0 Å². The molecule has 43 valence electrons. The summed E-state index contributed by atoms with van der Waals surface area (Å²) >= 11 is 0. The Morgan fingerprint density at radius 3 is 2.00 bits per heavy atom. The van der Waals surface area contributed by atoms with E-state index in [1.54, 1.807) is 0 Å². The van der Waals surface area contributed by atoms with Gasteiger partial charge in [0.05, 0.1) is 0 Å². The summed E-state index contributed by atoms with van der Waals surface area (Å²) in [6.07, 6.45) is 10.0. The third kappa shape index (κ3) is 6.94. The maximum atomic E-state index is 2.92. The summed E-state index contributed by atoms with van der Waals surface area (Å²) in [4.78, 5) is 0. The van der Waals surface area contributed by atoms with Gasteiger partial charge < -0.3 is 24.8 Å². The zero-order chi connectivity index (χ0) is 3.54. The predicted molar refractivity (Wildman–Crippen MR) is 21.6 cm³/mol. The smallest absolute Gasteiger partial charge is 1.00 e. The van der Waals surface area contributed by atoms with Crippen LogP contribution in [0.2, 0.25) is 0 Å². The molecule has 8 heavy (non-hydrogen) atoms. The summed E-state index contributed by atoms with van der Waals surface area (Å²) in [6, 6.07) is 0. The van der Waals surface area contributed by atoms with Gasteiger partial charge in [0.15, 0.2) is 0 Å². The summed E-state index contributed by atoms with van der Waals surface area (Å²) in [7, 11) is 0. The summed E-state index contributed by atoms with van der Waals surface area (Å²) in [6.45, 7) is 0. The second-order valence-corrected chi connectivity index (χ2v) is 1.01. The number of halogens is 2. The largest absolute Gasteiger partial charge is 3.00 e. The van der Waals surface area contributed by atoms with E-state index in [9.17, 15) is 0 Å². The molecule has 0 aromatic carbocycles. The first-order chi connectivity index (χ1) is 2.50. The van der Waals surface area contributed by atoms with Crippen LogP contribution in [0, 0.1) is 6.08 Å². The molecule has 1 aliphatic rings. The molecule has 0 heterocycles. The fraction of sp³-hybridized carbons (Fsp3) is 0.200.